The van der Waals surface area contributed by atoms with Gasteiger partial charge in [0, 0.05) is 11.1 Å². The fraction of sp³-hybridized carbons (Fsp3) is 0.267. The third-order valence-electron chi connectivity index (χ3n) is 3.23. The molecule has 0 fully saturated rings. The topological polar surface area (TPSA) is 12.9 Å². The fourth-order valence-electron chi connectivity index (χ4n) is 2.49. The lowest BCUT2D eigenvalue weighted by Gasteiger charge is -2.08. The number of aryl methyl sites for hydroxylation is 1. The molecule has 80 valence electrons. The summed E-state index contributed by atoms with van der Waals surface area (Å²) in [5, 5.41) is 1.29. The SMILES string of the molecule is Cc1cc(C2=CCCC2)c2ccccc2n1. The number of rotatable bonds is 1. The maximum absolute atomic E-state index is 4.58. The van der Waals surface area contributed by atoms with Gasteiger partial charge in [0.25, 0.3) is 0 Å². The number of hydrogen-bond acceptors (Lipinski definition) is 1. The van der Waals surface area contributed by atoms with E-state index in [2.05, 4.69) is 48.3 Å². The summed E-state index contributed by atoms with van der Waals surface area (Å²) in [5.41, 5.74) is 5.12. The Morgan fingerprint density at radius 3 is 2.88 bits per heavy atom. The highest BCUT2D eigenvalue weighted by Gasteiger charge is 2.11. The normalized spacial score (nSPS) is 15.4. The van der Waals surface area contributed by atoms with E-state index in [9.17, 15) is 0 Å². The molecular formula is C15H15N. The number of fused-ring (bicyclic) bond motifs is 1. The minimum absolute atomic E-state index is 1.11. The lowest BCUT2D eigenvalue weighted by atomic mass is 10.00. The first-order valence-corrected chi connectivity index (χ1v) is 5.90. The van der Waals surface area contributed by atoms with Crippen molar-refractivity contribution in [3.63, 3.8) is 0 Å². The molecule has 0 saturated carbocycles. The molecule has 1 aromatic heterocycles. The van der Waals surface area contributed by atoms with Crippen LogP contribution in [0, 0.1) is 6.92 Å². The Labute approximate surface area is 95.8 Å². The van der Waals surface area contributed by atoms with Gasteiger partial charge < -0.3 is 0 Å². The minimum atomic E-state index is 1.11. The first-order chi connectivity index (χ1) is 7.84. The van der Waals surface area contributed by atoms with Crippen molar-refractivity contribution in [3.8, 4) is 0 Å². The lowest BCUT2D eigenvalue weighted by Crippen LogP contribution is -1.90. The number of allylic oxidation sites excluding steroid dienone is 2. The highest BCUT2D eigenvalue weighted by Crippen LogP contribution is 2.32. The van der Waals surface area contributed by atoms with E-state index in [0.717, 1.165) is 11.2 Å². The molecule has 1 aromatic carbocycles. The molecule has 0 unspecified atom stereocenters. The molecule has 1 aliphatic carbocycles. The summed E-state index contributed by atoms with van der Waals surface area (Å²) in [6, 6.07) is 10.6. The van der Waals surface area contributed by atoms with Crippen molar-refractivity contribution in [3.05, 3.63) is 47.7 Å². The van der Waals surface area contributed by atoms with Gasteiger partial charge in [0.2, 0.25) is 0 Å². The van der Waals surface area contributed by atoms with E-state index >= 15 is 0 Å². The zero-order valence-corrected chi connectivity index (χ0v) is 9.53. The van der Waals surface area contributed by atoms with E-state index in [1.807, 2.05) is 0 Å². The molecule has 16 heavy (non-hydrogen) atoms. The maximum Gasteiger partial charge on any atom is 0.0711 e. The van der Waals surface area contributed by atoms with Crippen LogP contribution in [0.3, 0.4) is 0 Å². The van der Waals surface area contributed by atoms with Crippen LogP contribution in [-0.4, -0.2) is 4.98 Å². The Hall–Kier alpha value is -1.63. The van der Waals surface area contributed by atoms with Crippen LogP contribution in [0.15, 0.2) is 36.4 Å². The van der Waals surface area contributed by atoms with Crippen molar-refractivity contribution in [2.45, 2.75) is 26.2 Å². The van der Waals surface area contributed by atoms with Crippen LogP contribution in [0.2, 0.25) is 0 Å². The number of nitrogens with zero attached hydrogens (tertiary/aromatic N) is 1. The zero-order valence-electron chi connectivity index (χ0n) is 9.53. The average Bonchev–Trinajstić information content (AvgIpc) is 2.81. The number of benzene rings is 1. The maximum atomic E-state index is 4.58. The molecule has 0 saturated heterocycles. The highest BCUT2D eigenvalue weighted by molar-refractivity contribution is 5.92. The van der Waals surface area contributed by atoms with Gasteiger partial charge in [-0.3, -0.25) is 4.98 Å². The second-order valence-corrected chi connectivity index (χ2v) is 4.45. The number of pyridine rings is 1. The predicted molar refractivity (Wildman–Crippen MR) is 68.3 cm³/mol. The van der Waals surface area contributed by atoms with Crippen LogP contribution in [0.1, 0.15) is 30.5 Å². The quantitative estimate of drug-likeness (QED) is 0.688. The third kappa shape index (κ3) is 1.53. The van der Waals surface area contributed by atoms with Crippen LogP contribution in [0.5, 0.6) is 0 Å². The molecule has 0 aliphatic heterocycles. The first kappa shape index (κ1) is 9.59. The second kappa shape index (κ2) is 3.75. The Kier molecular flexibility index (Phi) is 2.24. The molecule has 1 aliphatic rings. The van der Waals surface area contributed by atoms with E-state index in [1.165, 1.54) is 35.8 Å². The van der Waals surface area contributed by atoms with Gasteiger partial charge in [0.15, 0.2) is 0 Å². The molecule has 0 N–H and O–H groups in total. The highest BCUT2D eigenvalue weighted by atomic mass is 14.7. The van der Waals surface area contributed by atoms with Gasteiger partial charge in [-0.15, -0.1) is 0 Å². The molecule has 2 aromatic rings. The monoisotopic (exact) mass is 209 g/mol. The van der Waals surface area contributed by atoms with E-state index in [0.29, 0.717) is 0 Å². The van der Waals surface area contributed by atoms with Gasteiger partial charge in [0.1, 0.15) is 0 Å². The summed E-state index contributed by atoms with van der Waals surface area (Å²) in [4.78, 5) is 4.58. The molecule has 1 nitrogen and oxygen atoms in total. The first-order valence-electron chi connectivity index (χ1n) is 5.90. The average molecular weight is 209 g/mol. The summed E-state index contributed by atoms with van der Waals surface area (Å²) < 4.78 is 0. The third-order valence-corrected chi connectivity index (χ3v) is 3.23. The van der Waals surface area contributed by atoms with Crippen molar-refractivity contribution in [2.24, 2.45) is 0 Å². The molecule has 0 amide bonds. The van der Waals surface area contributed by atoms with Crippen LogP contribution in [-0.2, 0) is 0 Å². The smallest absolute Gasteiger partial charge is 0.0711 e. The van der Waals surface area contributed by atoms with E-state index in [4.69, 9.17) is 0 Å². The summed E-state index contributed by atoms with van der Waals surface area (Å²) in [5.74, 6) is 0. The minimum Gasteiger partial charge on any atom is -0.253 e. The standard InChI is InChI=1S/C15H15N/c1-11-10-14(12-6-2-3-7-12)13-8-4-5-9-15(13)16-11/h4-6,8-10H,2-3,7H2,1H3. The number of aromatic nitrogens is 1. The van der Waals surface area contributed by atoms with Gasteiger partial charge >= 0.3 is 0 Å². The van der Waals surface area contributed by atoms with Gasteiger partial charge in [-0.2, -0.15) is 0 Å². The van der Waals surface area contributed by atoms with Crippen molar-refractivity contribution in [2.75, 3.05) is 0 Å². The lowest BCUT2D eigenvalue weighted by molar-refractivity contribution is 0.935. The van der Waals surface area contributed by atoms with E-state index in [-0.39, 0.29) is 0 Å². The Bertz CT molecular complexity index is 567. The van der Waals surface area contributed by atoms with Crippen molar-refractivity contribution in [1.29, 1.82) is 0 Å². The van der Waals surface area contributed by atoms with E-state index in [1.54, 1.807) is 0 Å². The van der Waals surface area contributed by atoms with Gasteiger partial charge in [0.05, 0.1) is 5.52 Å². The number of para-hydroxylation sites is 1. The second-order valence-electron chi connectivity index (χ2n) is 4.45. The van der Waals surface area contributed by atoms with Crippen LogP contribution in [0.25, 0.3) is 16.5 Å². The summed E-state index contributed by atoms with van der Waals surface area (Å²) >= 11 is 0. The molecular weight excluding hydrogens is 194 g/mol. The molecule has 1 heteroatoms. The van der Waals surface area contributed by atoms with Crippen LogP contribution in [0.4, 0.5) is 0 Å². The summed E-state index contributed by atoms with van der Waals surface area (Å²) in [6.07, 6.45) is 6.12. The van der Waals surface area contributed by atoms with Crippen molar-refractivity contribution >= 4 is 16.5 Å². The predicted octanol–water partition coefficient (Wildman–Crippen LogP) is 4.11. The van der Waals surface area contributed by atoms with Gasteiger partial charge in [-0.25, -0.2) is 0 Å². The van der Waals surface area contributed by atoms with Gasteiger partial charge in [-0.1, -0.05) is 24.3 Å². The number of hydrogen-bond donors (Lipinski definition) is 0. The van der Waals surface area contributed by atoms with E-state index < -0.39 is 0 Å². The molecule has 1 heterocycles. The molecule has 0 radical (unpaired) electrons. The van der Waals surface area contributed by atoms with Crippen molar-refractivity contribution in [1.82, 2.24) is 4.98 Å². The Morgan fingerprint density at radius 1 is 1.19 bits per heavy atom. The van der Waals surface area contributed by atoms with Crippen LogP contribution < -0.4 is 0 Å². The fourth-order valence-corrected chi connectivity index (χ4v) is 2.49. The summed E-state index contributed by atoms with van der Waals surface area (Å²) in [7, 11) is 0. The molecule has 0 atom stereocenters. The molecule has 0 bridgehead atoms. The van der Waals surface area contributed by atoms with Crippen LogP contribution >= 0.6 is 0 Å². The zero-order chi connectivity index (χ0) is 11.0. The molecule has 3 rings (SSSR count). The largest absolute Gasteiger partial charge is 0.253 e. The Morgan fingerprint density at radius 2 is 2.06 bits per heavy atom. The molecule has 0 spiro atoms. The van der Waals surface area contributed by atoms with Gasteiger partial charge in [-0.05, 0) is 49.5 Å². The van der Waals surface area contributed by atoms with Crippen molar-refractivity contribution < 1.29 is 0 Å². The Balaban J connectivity index is 2.29. The summed E-state index contributed by atoms with van der Waals surface area (Å²) in [6.45, 7) is 2.07.